The molecule has 1 unspecified atom stereocenters. The van der Waals surface area contributed by atoms with Gasteiger partial charge in [-0.3, -0.25) is 4.18 Å². The first-order valence-electron chi connectivity index (χ1n) is 10.9. The first-order valence-corrected chi connectivity index (χ1v) is 12.3. The van der Waals surface area contributed by atoms with Crippen LogP contribution in [0.4, 0.5) is 0 Å². The number of unbranched alkanes of at least 4 members (excludes halogenated alkanes) is 8. The third-order valence-corrected chi connectivity index (χ3v) is 6.49. The van der Waals surface area contributed by atoms with Gasteiger partial charge >= 0.3 is 0 Å². The highest BCUT2D eigenvalue weighted by atomic mass is 32.2. The van der Waals surface area contributed by atoms with Crippen LogP contribution in [0.2, 0.25) is 0 Å². The normalized spacial score (nSPS) is 12.9. The van der Waals surface area contributed by atoms with Gasteiger partial charge in [0.1, 0.15) is 0 Å². The third-order valence-electron chi connectivity index (χ3n) is 4.97. The number of benzene rings is 1. The van der Waals surface area contributed by atoms with E-state index >= 15 is 0 Å². The van der Waals surface area contributed by atoms with Crippen molar-refractivity contribution in [1.29, 1.82) is 0 Å². The van der Waals surface area contributed by atoms with Gasteiger partial charge in [0.2, 0.25) is 0 Å². The zero-order valence-electron chi connectivity index (χ0n) is 18.5. The Balaban J connectivity index is 2.03. The second kappa shape index (κ2) is 17.4. The molecule has 31 heavy (non-hydrogen) atoms. The fraction of sp³-hybridized carbons (Fsp3) is 0.714. The van der Waals surface area contributed by atoms with Gasteiger partial charge < -0.3 is 0 Å². The van der Waals surface area contributed by atoms with E-state index in [0.29, 0.717) is 18.6 Å². The lowest BCUT2D eigenvalue weighted by molar-refractivity contribution is -0.753. The average Bonchev–Trinajstić information content (AvgIpc) is 2.75. The highest BCUT2D eigenvalue weighted by Crippen LogP contribution is 2.22. The molecule has 0 saturated heterocycles. The van der Waals surface area contributed by atoms with E-state index in [1.54, 1.807) is 25.1 Å². The molecule has 1 N–H and O–H groups in total. The molecule has 0 aliphatic heterocycles. The van der Waals surface area contributed by atoms with E-state index in [0.717, 1.165) is 51.4 Å². The summed E-state index contributed by atoms with van der Waals surface area (Å²) < 4.78 is 30.5. The van der Waals surface area contributed by atoms with Crippen molar-refractivity contribution >= 4 is 10.1 Å². The monoisotopic (exact) mass is 464 g/mol. The molecule has 9 nitrogen and oxygen atoms in total. The number of hydrogen-bond donors (Lipinski definition) is 1. The summed E-state index contributed by atoms with van der Waals surface area (Å²) >= 11 is 0. The fourth-order valence-electron chi connectivity index (χ4n) is 3.24. The van der Waals surface area contributed by atoms with E-state index in [2.05, 4.69) is 25.0 Å². The number of aryl methyl sites for hydroxylation is 1. The maximum Gasteiger partial charge on any atom is 0.297 e. The average molecular weight is 465 g/mol. The van der Waals surface area contributed by atoms with Crippen LogP contribution in [-0.2, 0) is 39.3 Å². The van der Waals surface area contributed by atoms with Crippen LogP contribution in [0.15, 0.2) is 29.2 Å². The Labute approximate surface area is 185 Å². The lowest BCUT2D eigenvalue weighted by atomic mass is 10.0. The molecule has 1 aromatic carbocycles. The lowest BCUT2D eigenvalue weighted by Crippen LogP contribution is -2.18. The minimum Gasteiger partial charge on any atom is -0.263 e. The molecule has 0 heterocycles. The van der Waals surface area contributed by atoms with Crippen LogP contribution >= 0.6 is 0 Å². The zero-order valence-corrected chi connectivity index (χ0v) is 19.3. The zero-order chi connectivity index (χ0) is 22.8. The summed E-state index contributed by atoms with van der Waals surface area (Å²) in [4.78, 5) is 4.87. The van der Waals surface area contributed by atoms with Gasteiger partial charge in [-0.15, -0.1) is 0 Å². The minimum absolute atomic E-state index is 0.256. The highest BCUT2D eigenvalue weighted by molar-refractivity contribution is 7.86. The summed E-state index contributed by atoms with van der Waals surface area (Å²) in [5, 5.41) is 22.4. The molecular formula is C21H36O9S. The standard InChI is InChI=1S/C21H36O9S/c1-3-20(26-31(23,24)21-17-13-12-15-19(21)2)16-11-9-7-5-4-6-8-10-14-18-25-28-30-29-27-22/h12-13,15,17,20,22H,3-11,14,16,18H2,1-2H3. The van der Waals surface area contributed by atoms with E-state index in [1.165, 1.54) is 12.8 Å². The van der Waals surface area contributed by atoms with Crippen LogP contribution in [0, 0.1) is 6.92 Å². The smallest absolute Gasteiger partial charge is 0.263 e. The van der Waals surface area contributed by atoms with Crippen molar-refractivity contribution in [1.82, 2.24) is 0 Å². The van der Waals surface area contributed by atoms with Gasteiger partial charge in [-0.25, -0.2) is 10.1 Å². The van der Waals surface area contributed by atoms with Crippen LogP contribution in [-0.4, -0.2) is 26.4 Å². The predicted octanol–water partition coefficient (Wildman–Crippen LogP) is 5.60. The predicted molar refractivity (Wildman–Crippen MR) is 113 cm³/mol. The van der Waals surface area contributed by atoms with Gasteiger partial charge in [0.15, 0.2) is 0 Å². The minimum atomic E-state index is -3.72. The summed E-state index contributed by atoms with van der Waals surface area (Å²) in [7, 11) is -3.72. The number of hydrogen-bond acceptors (Lipinski definition) is 9. The molecule has 1 rings (SSSR count). The van der Waals surface area contributed by atoms with Crippen LogP contribution in [0.3, 0.4) is 0 Å². The Kier molecular flexibility index (Phi) is 15.7. The van der Waals surface area contributed by atoms with E-state index in [4.69, 9.17) is 9.44 Å². The maximum absolute atomic E-state index is 12.5. The van der Waals surface area contributed by atoms with E-state index in [9.17, 15) is 8.42 Å². The maximum atomic E-state index is 12.5. The molecule has 0 amide bonds. The van der Waals surface area contributed by atoms with Crippen LogP contribution in [0.1, 0.15) is 83.1 Å². The van der Waals surface area contributed by atoms with Gasteiger partial charge in [-0.1, -0.05) is 76.5 Å². The van der Waals surface area contributed by atoms with Crippen molar-refractivity contribution < 1.29 is 42.9 Å². The molecule has 0 fully saturated rings. The van der Waals surface area contributed by atoms with Crippen molar-refractivity contribution in [3.05, 3.63) is 29.8 Å². The summed E-state index contributed by atoms with van der Waals surface area (Å²) in [6.45, 7) is 4.09. The summed E-state index contributed by atoms with van der Waals surface area (Å²) in [5.41, 5.74) is 0.704. The van der Waals surface area contributed by atoms with Gasteiger partial charge in [0, 0.05) is 0 Å². The topological polar surface area (TPSA) is 110 Å². The highest BCUT2D eigenvalue weighted by Gasteiger charge is 2.22. The molecule has 1 atom stereocenters. The van der Waals surface area contributed by atoms with Crippen LogP contribution in [0.5, 0.6) is 0 Å². The summed E-state index contributed by atoms with van der Waals surface area (Å²) in [6, 6.07) is 6.91. The molecular weight excluding hydrogens is 428 g/mol. The first kappa shape index (κ1) is 27.9. The molecule has 0 bridgehead atoms. The van der Waals surface area contributed by atoms with Crippen molar-refractivity contribution in [3.63, 3.8) is 0 Å². The van der Waals surface area contributed by atoms with Crippen LogP contribution in [0.25, 0.3) is 0 Å². The molecule has 180 valence electrons. The Morgan fingerprint density at radius 3 is 2.10 bits per heavy atom. The summed E-state index contributed by atoms with van der Waals surface area (Å²) in [6.07, 6.45) is 10.8. The number of rotatable bonds is 20. The molecule has 0 aliphatic carbocycles. The molecule has 0 saturated carbocycles. The molecule has 0 aromatic heterocycles. The van der Waals surface area contributed by atoms with Crippen molar-refractivity contribution in [2.75, 3.05) is 6.61 Å². The first-order chi connectivity index (χ1) is 15.0. The van der Waals surface area contributed by atoms with Gasteiger partial charge in [0.05, 0.1) is 17.6 Å². The molecule has 0 spiro atoms. The Morgan fingerprint density at radius 2 is 1.48 bits per heavy atom. The van der Waals surface area contributed by atoms with E-state index in [1.807, 2.05) is 13.0 Å². The van der Waals surface area contributed by atoms with E-state index < -0.39 is 10.1 Å². The Morgan fingerprint density at radius 1 is 0.871 bits per heavy atom. The van der Waals surface area contributed by atoms with E-state index in [-0.39, 0.29) is 11.0 Å². The largest absolute Gasteiger partial charge is 0.297 e. The lowest BCUT2D eigenvalue weighted by Gasteiger charge is -2.16. The van der Waals surface area contributed by atoms with Crippen molar-refractivity contribution in [3.8, 4) is 0 Å². The third kappa shape index (κ3) is 13.1. The van der Waals surface area contributed by atoms with Crippen LogP contribution < -0.4 is 0 Å². The quantitative estimate of drug-likeness (QED) is 0.114. The summed E-state index contributed by atoms with van der Waals surface area (Å²) in [5.74, 6) is 0. The second-order valence-electron chi connectivity index (χ2n) is 7.42. The fourth-order valence-corrected chi connectivity index (χ4v) is 4.64. The van der Waals surface area contributed by atoms with Gasteiger partial charge in [-0.2, -0.15) is 8.42 Å². The Bertz CT molecular complexity index is 667. The Hall–Kier alpha value is -1.11. The molecule has 10 heteroatoms. The SMILES string of the molecule is CCC(CCCCCCCCCCCOOOOOO)OS(=O)(=O)c1ccccc1C. The van der Waals surface area contributed by atoms with Gasteiger partial charge in [0.25, 0.3) is 10.1 Å². The molecule has 0 aliphatic rings. The second-order valence-corrected chi connectivity index (χ2v) is 8.96. The molecule has 1 aromatic rings. The van der Waals surface area contributed by atoms with Gasteiger partial charge in [-0.05, 0) is 58.0 Å². The van der Waals surface area contributed by atoms with Crippen molar-refractivity contribution in [2.45, 2.75) is 95.5 Å². The van der Waals surface area contributed by atoms with Crippen molar-refractivity contribution in [2.24, 2.45) is 0 Å². The molecule has 0 radical (unpaired) electrons.